The lowest BCUT2D eigenvalue weighted by Crippen LogP contribution is -2.12. The van der Waals surface area contributed by atoms with E-state index < -0.39 is 10.8 Å². The Labute approximate surface area is 199 Å². The molecule has 1 amide bonds. The van der Waals surface area contributed by atoms with Gasteiger partial charge < -0.3 is 10.3 Å². The van der Waals surface area contributed by atoms with Gasteiger partial charge in [0.1, 0.15) is 5.82 Å². The van der Waals surface area contributed by atoms with E-state index in [4.69, 9.17) is 0 Å². The number of aromatic nitrogens is 1. The van der Waals surface area contributed by atoms with Crippen molar-refractivity contribution in [3.63, 3.8) is 0 Å². The Hall–Kier alpha value is -3.77. The van der Waals surface area contributed by atoms with E-state index in [0.717, 1.165) is 54.9 Å². The Balaban J connectivity index is 1.46. The second-order valence-corrected chi connectivity index (χ2v) is 9.76. The number of amides is 1. The minimum absolute atomic E-state index is 0.137. The highest BCUT2D eigenvalue weighted by Crippen LogP contribution is 2.44. The first kappa shape index (κ1) is 22.0. The zero-order valence-electron chi connectivity index (χ0n) is 18.8. The van der Waals surface area contributed by atoms with Crippen LogP contribution in [0.15, 0.2) is 83.4 Å². The maximum Gasteiger partial charge on any atom is 0.228 e. The minimum Gasteiger partial charge on any atom is -0.361 e. The van der Waals surface area contributed by atoms with E-state index in [1.54, 1.807) is 12.3 Å². The summed E-state index contributed by atoms with van der Waals surface area (Å²) in [5.41, 5.74) is 7.03. The summed E-state index contributed by atoms with van der Waals surface area (Å²) >= 11 is 0. The van der Waals surface area contributed by atoms with Crippen molar-refractivity contribution in [2.45, 2.75) is 18.2 Å². The Morgan fingerprint density at radius 2 is 1.82 bits per heavy atom. The molecule has 5 rings (SSSR count). The third-order valence-electron chi connectivity index (χ3n) is 6.15. The van der Waals surface area contributed by atoms with Crippen molar-refractivity contribution in [1.82, 2.24) is 4.98 Å². The quantitative estimate of drug-likeness (QED) is 0.354. The van der Waals surface area contributed by atoms with Crippen LogP contribution in [0, 0.1) is 5.82 Å². The molecule has 1 unspecified atom stereocenters. The minimum atomic E-state index is -1.04. The van der Waals surface area contributed by atoms with Crippen molar-refractivity contribution in [2.75, 3.05) is 11.6 Å². The predicted octanol–water partition coefficient (Wildman–Crippen LogP) is 6.40. The van der Waals surface area contributed by atoms with Crippen molar-refractivity contribution in [2.24, 2.45) is 0 Å². The molecule has 4 aromatic rings. The molecule has 3 aromatic carbocycles. The predicted molar refractivity (Wildman–Crippen MR) is 137 cm³/mol. The lowest BCUT2D eigenvalue weighted by Gasteiger charge is -2.09. The lowest BCUT2D eigenvalue weighted by molar-refractivity contribution is -0.115. The molecule has 1 aliphatic carbocycles. The molecule has 170 valence electrons. The molecule has 0 aliphatic heterocycles. The average Bonchev–Trinajstić information content (AvgIpc) is 3.37. The van der Waals surface area contributed by atoms with Crippen molar-refractivity contribution < 1.29 is 13.4 Å². The average molecular weight is 471 g/mol. The third-order valence-corrected chi connectivity index (χ3v) is 7.09. The standard InChI is InChI=1S/C28H23FN2O2S/c1-17-24(13-18-3-7-22(8-4-18)34(2)33)23-9-5-20(29)15-26(23)25(17)16-28(32)31-21-6-10-27-19(14-21)11-12-30-27/h3-15,30H,16H2,1-2H3,(H,31,32). The van der Waals surface area contributed by atoms with Crippen LogP contribution >= 0.6 is 0 Å². The van der Waals surface area contributed by atoms with Crippen LogP contribution in [0.4, 0.5) is 10.1 Å². The smallest absolute Gasteiger partial charge is 0.228 e. The Kier molecular flexibility index (Phi) is 5.75. The number of hydrogen-bond donors (Lipinski definition) is 2. The number of fused-ring (bicyclic) bond motifs is 2. The summed E-state index contributed by atoms with van der Waals surface area (Å²) in [5, 5.41) is 3.99. The van der Waals surface area contributed by atoms with Gasteiger partial charge in [0.05, 0.1) is 6.42 Å². The molecule has 1 aromatic heterocycles. The third kappa shape index (κ3) is 4.24. The molecule has 0 saturated heterocycles. The number of H-pyrrole nitrogens is 1. The zero-order chi connectivity index (χ0) is 23.8. The summed E-state index contributed by atoms with van der Waals surface area (Å²) in [6.45, 7) is 1.97. The molecular weight excluding hydrogens is 447 g/mol. The molecular formula is C28H23FN2O2S. The number of nitrogens with one attached hydrogen (secondary N) is 2. The maximum atomic E-state index is 14.2. The highest BCUT2D eigenvalue weighted by molar-refractivity contribution is 7.84. The lowest BCUT2D eigenvalue weighted by atomic mass is 10.0. The number of benzene rings is 3. The first-order valence-corrected chi connectivity index (χ1v) is 12.5. The molecule has 2 N–H and O–H groups in total. The van der Waals surface area contributed by atoms with Gasteiger partial charge in [0.25, 0.3) is 0 Å². The number of hydrogen-bond acceptors (Lipinski definition) is 2. The van der Waals surface area contributed by atoms with Gasteiger partial charge >= 0.3 is 0 Å². The van der Waals surface area contributed by atoms with Crippen LogP contribution in [-0.2, 0) is 15.6 Å². The number of carbonyl (C=O) groups is 1. The van der Waals surface area contributed by atoms with Gasteiger partial charge in [-0.1, -0.05) is 18.2 Å². The zero-order valence-corrected chi connectivity index (χ0v) is 19.6. The second kappa shape index (κ2) is 8.88. The number of anilines is 1. The molecule has 0 radical (unpaired) electrons. The number of halogens is 1. The fourth-order valence-electron chi connectivity index (χ4n) is 4.40. The van der Waals surface area contributed by atoms with E-state index in [2.05, 4.69) is 10.3 Å². The van der Waals surface area contributed by atoms with Gasteiger partial charge in [-0.25, -0.2) is 4.39 Å². The molecule has 4 nitrogen and oxygen atoms in total. The molecule has 0 spiro atoms. The van der Waals surface area contributed by atoms with Gasteiger partial charge in [0.15, 0.2) is 0 Å². The van der Waals surface area contributed by atoms with Gasteiger partial charge in [0.2, 0.25) is 5.91 Å². The summed E-state index contributed by atoms with van der Waals surface area (Å²) in [4.78, 5) is 16.9. The summed E-state index contributed by atoms with van der Waals surface area (Å²) < 4.78 is 25.9. The number of carbonyl (C=O) groups excluding carboxylic acids is 1. The summed E-state index contributed by atoms with van der Waals surface area (Å²) in [5.74, 6) is -0.492. The van der Waals surface area contributed by atoms with E-state index in [-0.39, 0.29) is 18.1 Å². The number of allylic oxidation sites excluding steroid dienone is 2. The highest BCUT2D eigenvalue weighted by Gasteiger charge is 2.26. The van der Waals surface area contributed by atoms with Gasteiger partial charge in [-0.05, 0) is 94.9 Å². The Morgan fingerprint density at radius 1 is 1.03 bits per heavy atom. The normalized spacial score (nSPS) is 15.1. The van der Waals surface area contributed by atoms with Crippen LogP contribution in [0.5, 0.6) is 0 Å². The fourth-order valence-corrected chi connectivity index (χ4v) is 4.92. The van der Waals surface area contributed by atoms with E-state index in [1.165, 1.54) is 12.1 Å². The van der Waals surface area contributed by atoms with E-state index >= 15 is 0 Å². The van der Waals surface area contributed by atoms with Gasteiger partial charge in [0, 0.05) is 44.7 Å². The second-order valence-electron chi connectivity index (χ2n) is 8.38. The fraction of sp³-hybridized carbons (Fsp3) is 0.107. The SMILES string of the molecule is CC1=C(CC(=O)Nc2ccc3[nH]ccc3c2)c2cc(F)ccc2C1=Cc1ccc(S(C)=O)cc1. The van der Waals surface area contributed by atoms with Crippen LogP contribution in [0.1, 0.15) is 30.0 Å². The van der Waals surface area contributed by atoms with Crippen LogP contribution in [0.2, 0.25) is 0 Å². The first-order valence-electron chi connectivity index (χ1n) is 10.9. The first-order chi connectivity index (χ1) is 16.4. The molecule has 1 aliphatic rings. The summed E-state index contributed by atoms with van der Waals surface area (Å²) in [7, 11) is -1.04. The van der Waals surface area contributed by atoms with Crippen molar-refractivity contribution in [3.05, 3.63) is 101 Å². The highest BCUT2D eigenvalue weighted by atomic mass is 32.2. The van der Waals surface area contributed by atoms with Crippen molar-refractivity contribution >= 4 is 50.5 Å². The van der Waals surface area contributed by atoms with E-state index in [1.807, 2.05) is 67.7 Å². The van der Waals surface area contributed by atoms with Crippen molar-refractivity contribution in [1.29, 1.82) is 0 Å². The number of aromatic amines is 1. The van der Waals surface area contributed by atoms with Crippen LogP contribution in [0.25, 0.3) is 28.1 Å². The molecule has 34 heavy (non-hydrogen) atoms. The largest absolute Gasteiger partial charge is 0.361 e. The monoisotopic (exact) mass is 470 g/mol. The molecule has 6 heteroatoms. The summed E-state index contributed by atoms with van der Waals surface area (Å²) in [6, 6.07) is 19.9. The maximum absolute atomic E-state index is 14.2. The topological polar surface area (TPSA) is 62.0 Å². The Morgan fingerprint density at radius 3 is 2.59 bits per heavy atom. The molecule has 1 atom stereocenters. The van der Waals surface area contributed by atoms with Gasteiger partial charge in [-0.15, -0.1) is 0 Å². The van der Waals surface area contributed by atoms with Gasteiger partial charge in [-0.2, -0.15) is 0 Å². The molecule has 1 heterocycles. The molecule has 0 saturated carbocycles. The van der Waals surface area contributed by atoms with Gasteiger partial charge in [-0.3, -0.25) is 9.00 Å². The van der Waals surface area contributed by atoms with Crippen LogP contribution in [-0.4, -0.2) is 21.4 Å². The molecule has 0 bridgehead atoms. The van der Waals surface area contributed by atoms with E-state index in [0.29, 0.717) is 0 Å². The van der Waals surface area contributed by atoms with Crippen LogP contribution < -0.4 is 5.32 Å². The molecule has 0 fully saturated rings. The van der Waals surface area contributed by atoms with E-state index in [9.17, 15) is 13.4 Å². The Bertz CT molecular complexity index is 1510. The van der Waals surface area contributed by atoms with Crippen molar-refractivity contribution in [3.8, 4) is 0 Å². The van der Waals surface area contributed by atoms with Crippen LogP contribution in [0.3, 0.4) is 0 Å². The number of rotatable bonds is 5. The summed E-state index contributed by atoms with van der Waals surface area (Å²) in [6.07, 6.45) is 5.67.